The Hall–Kier alpha value is -4.16. The summed E-state index contributed by atoms with van der Waals surface area (Å²) in [6.45, 7) is 5.79. The van der Waals surface area contributed by atoms with Gasteiger partial charge in [0.15, 0.2) is 5.60 Å². The number of allylic oxidation sites excluding steroid dienone is 1. The van der Waals surface area contributed by atoms with Crippen LogP contribution in [0.25, 0.3) is 17.0 Å². The van der Waals surface area contributed by atoms with Crippen molar-refractivity contribution in [1.82, 2.24) is 4.57 Å². The van der Waals surface area contributed by atoms with Gasteiger partial charge in [0.25, 0.3) is 0 Å². The van der Waals surface area contributed by atoms with Gasteiger partial charge in [0.2, 0.25) is 5.78 Å². The van der Waals surface area contributed by atoms with E-state index in [4.69, 9.17) is 9.47 Å². The van der Waals surface area contributed by atoms with E-state index in [1.165, 1.54) is 13.8 Å². The van der Waals surface area contributed by atoms with Crippen LogP contribution in [0.5, 0.6) is 5.75 Å². The molecule has 0 saturated heterocycles. The van der Waals surface area contributed by atoms with Crippen molar-refractivity contribution < 1.29 is 24.2 Å². The maximum atomic E-state index is 13.4. The molecule has 0 atom stereocenters. The fraction of sp³-hybridized carbons (Fsp3) is 0.226. The quantitative estimate of drug-likeness (QED) is 0.261. The number of hydrogen-bond donors (Lipinski definition) is 1. The van der Waals surface area contributed by atoms with Crippen LogP contribution in [0.3, 0.4) is 0 Å². The van der Waals surface area contributed by atoms with Gasteiger partial charge in [-0.2, -0.15) is 0 Å². The van der Waals surface area contributed by atoms with Crippen LogP contribution in [0.4, 0.5) is 0 Å². The number of rotatable bonds is 10. The van der Waals surface area contributed by atoms with E-state index < -0.39 is 11.6 Å². The minimum atomic E-state index is -1.24. The normalized spacial score (nSPS) is 11.8. The highest BCUT2D eigenvalue weighted by Crippen LogP contribution is 2.27. The number of benzene rings is 3. The molecule has 4 rings (SSSR count). The predicted octanol–water partition coefficient (Wildman–Crippen LogP) is 6.28. The average molecular weight is 498 g/mol. The second kappa shape index (κ2) is 10.8. The monoisotopic (exact) mass is 497 g/mol. The van der Waals surface area contributed by atoms with Gasteiger partial charge in [0, 0.05) is 23.0 Å². The van der Waals surface area contributed by atoms with Crippen LogP contribution in [0.1, 0.15) is 46.6 Å². The number of carboxylic acid groups (broad SMARTS) is 1. The second-order valence-corrected chi connectivity index (χ2v) is 9.51. The van der Waals surface area contributed by atoms with E-state index in [1.54, 1.807) is 7.11 Å². The van der Waals surface area contributed by atoms with Crippen LogP contribution < -0.4 is 4.74 Å². The van der Waals surface area contributed by atoms with Crippen LogP contribution in [0.15, 0.2) is 78.9 Å². The highest BCUT2D eigenvalue weighted by atomic mass is 16.5. The van der Waals surface area contributed by atoms with Crippen molar-refractivity contribution in [3.05, 3.63) is 107 Å². The largest absolute Gasteiger partial charge is 0.497 e. The lowest BCUT2D eigenvalue weighted by Crippen LogP contribution is -2.34. The molecule has 190 valence electrons. The van der Waals surface area contributed by atoms with E-state index in [2.05, 4.69) is 0 Å². The molecule has 1 aromatic heterocycles. The van der Waals surface area contributed by atoms with Gasteiger partial charge in [0.1, 0.15) is 5.75 Å². The van der Waals surface area contributed by atoms with Crippen LogP contribution in [-0.4, -0.2) is 34.1 Å². The third-order valence-electron chi connectivity index (χ3n) is 6.35. The van der Waals surface area contributed by atoms with Crippen molar-refractivity contribution in [1.29, 1.82) is 0 Å². The van der Waals surface area contributed by atoms with Crippen molar-refractivity contribution >= 4 is 28.7 Å². The first kappa shape index (κ1) is 25.9. The van der Waals surface area contributed by atoms with Crippen molar-refractivity contribution in [3.63, 3.8) is 0 Å². The van der Waals surface area contributed by atoms with Crippen LogP contribution in [0.2, 0.25) is 0 Å². The van der Waals surface area contributed by atoms with Crippen LogP contribution in [0, 0.1) is 6.92 Å². The molecule has 0 aliphatic heterocycles. The molecule has 1 heterocycles. The summed E-state index contributed by atoms with van der Waals surface area (Å²) in [6.07, 6.45) is 4.02. The smallest absolute Gasteiger partial charge is 0.335 e. The zero-order valence-corrected chi connectivity index (χ0v) is 21.5. The molecule has 6 nitrogen and oxygen atoms in total. The summed E-state index contributed by atoms with van der Waals surface area (Å²) in [5.74, 6) is -0.286. The molecule has 0 unspecified atom stereocenters. The standard InChI is InChI=1S/C31H31NO5/c1-21-7-13-24(14-8-21)29(33)28-19-25-18-26(36-4)15-16-27(25)32(28)17-5-6-22-9-11-23(12-10-22)20-37-31(2,3)30(34)35/h5-16,18-19H,17,20H2,1-4H3,(H,34,35)/b6-5+. The Labute approximate surface area is 216 Å². The number of fused-ring (bicyclic) bond motifs is 1. The van der Waals surface area contributed by atoms with Gasteiger partial charge in [-0.25, -0.2) is 4.79 Å². The number of ether oxygens (including phenoxy) is 2. The highest BCUT2D eigenvalue weighted by molar-refractivity contribution is 6.10. The number of carboxylic acids is 1. The number of nitrogens with zero attached hydrogens (tertiary/aromatic N) is 1. The Bertz CT molecular complexity index is 1440. The molecule has 0 fully saturated rings. The number of aryl methyl sites for hydroxylation is 1. The third kappa shape index (κ3) is 5.98. The fourth-order valence-corrected chi connectivity index (χ4v) is 3.96. The Kier molecular flexibility index (Phi) is 7.60. The van der Waals surface area contributed by atoms with Gasteiger partial charge in [-0.3, -0.25) is 4.79 Å². The minimum absolute atomic E-state index is 0.0304. The summed E-state index contributed by atoms with van der Waals surface area (Å²) in [7, 11) is 1.63. The predicted molar refractivity (Wildman–Crippen MR) is 145 cm³/mol. The molecular formula is C31H31NO5. The molecule has 3 aromatic carbocycles. The molecule has 6 heteroatoms. The van der Waals surface area contributed by atoms with Crippen LogP contribution in [-0.2, 0) is 22.7 Å². The topological polar surface area (TPSA) is 77.8 Å². The Morgan fingerprint density at radius 2 is 1.68 bits per heavy atom. The van der Waals surface area contributed by atoms with Gasteiger partial charge in [-0.15, -0.1) is 0 Å². The van der Waals surface area contributed by atoms with E-state index in [1.807, 2.05) is 96.4 Å². The first-order valence-electron chi connectivity index (χ1n) is 12.1. The number of carbonyl (C=O) groups excluding carboxylic acids is 1. The lowest BCUT2D eigenvalue weighted by Gasteiger charge is -2.20. The maximum Gasteiger partial charge on any atom is 0.335 e. The molecule has 0 saturated carbocycles. The van der Waals surface area contributed by atoms with Gasteiger partial charge in [0.05, 0.1) is 19.4 Å². The van der Waals surface area contributed by atoms with E-state index in [0.717, 1.165) is 33.3 Å². The van der Waals surface area contributed by atoms with E-state index in [0.29, 0.717) is 17.8 Å². The maximum absolute atomic E-state index is 13.4. The van der Waals surface area contributed by atoms with Crippen molar-refractivity contribution in [2.24, 2.45) is 0 Å². The van der Waals surface area contributed by atoms with Crippen LogP contribution >= 0.6 is 0 Å². The highest BCUT2D eigenvalue weighted by Gasteiger charge is 2.27. The molecule has 0 radical (unpaired) electrons. The van der Waals surface area contributed by atoms with Crippen molar-refractivity contribution in [2.45, 2.75) is 39.5 Å². The molecule has 4 aromatic rings. The molecule has 0 spiro atoms. The SMILES string of the molecule is COc1ccc2c(c1)cc(C(=O)c1ccc(C)cc1)n2C/C=C/c1ccc(COC(C)(C)C(=O)O)cc1. The summed E-state index contributed by atoms with van der Waals surface area (Å²) < 4.78 is 12.9. The molecule has 0 aliphatic rings. The van der Waals surface area contributed by atoms with Gasteiger partial charge in [-0.1, -0.05) is 66.2 Å². The molecular weight excluding hydrogens is 466 g/mol. The minimum Gasteiger partial charge on any atom is -0.497 e. The number of hydrogen-bond acceptors (Lipinski definition) is 4. The van der Waals surface area contributed by atoms with E-state index in [9.17, 15) is 14.7 Å². The average Bonchev–Trinajstić information content (AvgIpc) is 3.25. The Balaban J connectivity index is 1.55. The lowest BCUT2D eigenvalue weighted by molar-refractivity contribution is -0.162. The Morgan fingerprint density at radius 1 is 0.973 bits per heavy atom. The van der Waals surface area contributed by atoms with Crippen molar-refractivity contribution in [2.75, 3.05) is 7.11 Å². The molecule has 0 amide bonds. The summed E-state index contributed by atoms with van der Waals surface area (Å²) in [4.78, 5) is 24.6. The number of ketones is 1. The second-order valence-electron chi connectivity index (χ2n) is 9.51. The van der Waals surface area contributed by atoms with E-state index in [-0.39, 0.29) is 12.4 Å². The summed E-state index contributed by atoms with van der Waals surface area (Å²) >= 11 is 0. The Morgan fingerprint density at radius 3 is 2.32 bits per heavy atom. The first-order chi connectivity index (χ1) is 17.7. The summed E-state index contributed by atoms with van der Waals surface area (Å²) in [6, 6.07) is 23.1. The molecule has 37 heavy (non-hydrogen) atoms. The molecule has 1 N–H and O–H groups in total. The van der Waals surface area contributed by atoms with E-state index >= 15 is 0 Å². The number of carbonyl (C=O) groups is 2. The zero-order chi connectivity index (χ0) is 26.6. The lowest BCUT2D eigenvalue weighted by atomic mass is 10.1. The first-order valence-corrected chi connectivity index (χ1v) is 12.1. The third-order valence-corrected chi connectivity index (χ3v) is 6.35. The summed E-state index contributed by atoms with van der Waals surface area (Å²) in [5.41, 5.74) is 3.96. The number of aliphatic carboxylic acids is 1. The van der Waals surface area contributed by atoms with Gasteiger partial charge < -0.3 is 19.1 Å². The van der Waals surface area contributed by atoms with Gasteiger partial charge in [-0.05, 0) is 56.2 Å². The van der Waals surface area contributed by atoms with Gasteiger partial charge >= 0.3 is 5.97 Å². The molecule has 0 bridgehead atoms. The summed E-state index contributed by atoms with van der Waals surface area (Å²) in [5, 5.41) is 10.1. The molecule has 0 aliphatic carbocycles. The van der Waals surface area contributed by atoms with Crippen molar-refractivity contribution in [3.8, 4) is 5.75 Å². The fourth-order valence-electron chi connectivity index (χ4n) is 3.96. The number of aromatic nitrogens is 1. The number of methoxy groups -OCH3 is 1. The zero-order valence-electron chi connectivity index (χ0n) is 21.5.